The van der Waals surface area contributed by atoms with Crippen molar-refractivity contribution in [3.8, 4) is 0 Å². The molecule has 1 heterocycles. The van der Waals surface area contributed by atoms with Gasteiger partial charge < -0.3 is 4.74 Å². The molecule has 2 atom stereocenters. The van der Waals surface area contributed by atoms with Crippen molar-refractivity contribution in [2.45, 2.75) is 11.8 Å². The highest BCUT2D eigenvalue weighted by molar-refractivity contribution is 5.89. The molecule has 0 spiro atoms. The summed E-state index contributed by atoms with van der Waals surface area (Å²) in [6.07, 6.45) is 0.859. The lowest BCUT2D eigenvalue weighted by Crippen LogP contribution is -2.18. The van der Waals surface area contributed by atoms with Crippen LogP contribution in [0.5, 0.6) is 0 Å². The quantitative estimate of drug-likeness (QED) is 0.632. The molecule has 0 unspecified atom stereocenters. The summed E-state index contributed by atoms with van der Waals surface area (Å²) in [5.41, 5.74) is 0.472. The SMILES string of the molecule is O=C1OC[C@@H]2C[C@@]12c1ccc(F)cc1. The molecule has 1 saturated heterocycles. The van der Waals surface area contributed by atoms with Crippen LogP contribution in [0.15, 0.2) is 24.3 Å². The molecular weight excluding hydrogens is 183 g/mol. The summed E-state index contributed by atoms with van der Waals surface area (Å²) in [5.74, 6) is -0.0942. The highest BCUT2D eigenvalue weighted by atomic mass is 19.1. The van der Waals surface area contributed by atoms with Crippen LogP contribution in [-0.4, -0.2) is 12.6 Å². The van der Waals surface area contributed by atoms with Crippen molar-refractivity contribution in [3.05, 3.63) is 35.6 Å². The van der Waals surface area contributed by atoms with Gasteiger partial charge in [0.1, 0.15) is 5.82 Å². The Hall–Kier alpha value is -1.38. The first kappa shape index (κ1) is 7.97. The van der Waals surface area contributed by atoms with Gasteiger partial charge in [0.2, 0.25) is 0 Å². The van der Waals surface area contributed by atoms with E-state index in [1.165, 1.54) is 12.1 Å². The minimum Gasteiger partial charge on any atom is -0.465 e. The van der Waals surface area contributed by atoms with Gasteiger partial charge in [0.15, 0.2) is 0 Å². The van der Waals surface area contributed by atoms with Crippen LogP contribution in [0, 0.1) is 11.7 Å². The fourth-order valence-electron chi connectivity index (χ4n) is 2.30. The Balaban J connectivity index is 2.04. The molecule has 0 N–H and O–H groups in total. The van der Waals surface area contributed by atoms with E-state index in [4.69, 9.17) is 4.74 Å². The number of hydrogen-bond donors (Lipinski definition) is 0. The van der Waals surface area contributed by atoms with Crippen LogP contribution < -0.4 is 0 Å². The predicted octanol–water partition coefficient (Wildman–Crippen LogP) is 1.64. The van der Waals surface area contributed by atoms with Crippen molar-refractivity contribution in [1.82, 2.24) is 0 Å². The zero-order chi connectivity index (χ0) is 9.76. The van der Waals surface area contributed by atoms with Crippen LogP contribution in [0.4, 0.5) is 4.39 Å². The first-order valence-corrected chi connectivity index (χ1v) is 4.67. The third kappa shape index (κ3) is 0.820. The number of halogens is 1. The van der Waals surface area contributed by atoms with Gasteiger partial charge in [-0.15, -0.1) is 0 Å². The Morgan fingerprint density at radius 1 is 1.36 bits per heavy atom. The second-order valence-electron chi connectivity index (χ2n) is 3.98. The van der Waals surface area contributed by atoms with E-state index in [1.54, 1.807) is 12.1 Å². The molecular formula is C11H9FO2. The average Bonchev–Trinajstić information content (AvgIpc) is 2.84. The number of rotatable bonds is 1. The van der Waals surface area contributed by atoms with E-state index < -0.39 is 5.41 Å². The van der Waals surface area contributed by atoms with E-state index in [9.17, 15) is 9.18 Å². The highest BCUT2D eigenvalue weighted by Gasteiger charge is 2.66. The van der Waals surface area contributed by atoms with Crippen molar-refractivity contribution in [2.24, 2.45) is 5.92 Å². The Morgan fingerprint density at radius 3 is 2.57 bits per heavy atom. The maximum atomic E-state index is 12.7. The summed E-state index contributed by atoms with van der Waals surface area (Å²) in [6.45, 7) is 0.524. The maximum absolute atomic E-state index is 12.7. The van der Waals surface area contributed by atoms with Crippen molar-refractivity contribution in [2.75, 3.05) is 6.61 Å². The fraction of sp³-hybridized carbons (Fsp3) is 0.364. The lowest BCUT2D eigenvalue weighted by Gasteiger charge is -2.08. The smallest absolute Gasteiger partial charge is 0.317 e. The molecule has 1 aromatic rings. The number of fused-ring (bicyclic) bond motifs is 1. The third-order valence-electron chi connectivity index (χ3n) is 3.24. The minimum atomic E-state index is -0.423. The summed E-state index contributed by atoms with van der Waals surface area (Å²) in [6, 6.07) is 6.15. The lowest BCUT2D eigenvalue weighted by molar-refractivity contribution is -0.142. The normalized spacial score (nSPS) is 33.8. The monoisotopic (exact) mass is 192 g/mol. The minimum absolute atomic E-state index is 0.144. The van der Waals surface area contributed by atoms with Crippen molar-refractivity contribution in [3.63, 3.8) is 0 Å². The summed E-state index contributed by atoms with van der Waals surface area (Å²) in [4.78, 5) is 11.5. The molecule has 2 fully saturated rings. The molecule has 2 nitrogen and oxygen atoms in total. The first-order valence-electron chi connectivity index (χ1n) is 4.67. The van der Waals surface area contributed by atoms with E-state index in [2.05, 4.69) is 0 Å². The van der Waals surface area contributed by atoms with E-state index in [1.807, 2.05) is 0 Å². The Labute approximate surface area is 80.7 Å². The Morgan fingerprint density at radius 2 is 2.07 bits per heavy atom. The number of esters is 1. The van der Waals surface area contributed by atoms with Gasteiger partial charge in [-0.3, -0.25) is 4.79 Å². The van der Waals surface area contributed by atoms with Gasteiger partial charge in [0, 0.05) is 5.92 Å². The topological polar surface area (TPSA) is 26.3 Å². The molecule has 1 aliphatic heterocycles. The maximum Gasteiger partial charge on any atom is 0.317 e. The van der Waals surface area contributed by atoms with E-state index >= 15 is 0 Å². The number of carbonyl (C=O) groups excluding carboxylic acids is 1. The van der Waals surface area contributed by atoms with Crippen LogP contribution in [-0.2, 0) is 14.9 Å². The van der Waals surface area contributed by atoms with Crippen molar-refractivity contribution >= 4 is 5.97 Å². The first-order chi connectivity index (χ1) is 6.73. The molecule has 3 rings (SSSR count). The van der Waals surface area contributed by atoms with E-state index in [0.29, 0.717) is 12.5 Å². The van der Waals surface area contributed by atoms with Gasteiger partial charge in [0.05, 0.1) is 12.0 Å². The summed E-state index contributed by atoms with van der Waals surface area (Å²) >= 11 is 0. The second-order valence-corrected chi connectivity index (χ2v) is 3.98. The molecule has 0 radical (unpaired) electrons. The molecule has 3 heteroatoms. The number of carbonyl (C=O) groups is 1. The molecule has 2 aliphatic rings. The zero-order valence-corrected chi connectivity index (χ0v) is 7.50. The lowest BCUT2D eigenvalue weighted by atomic mass is 9.95. The molecule has 0 amide bonds. The number of benzene rings is 1. The largest absolute Gasteiger partial charge is 0.465 e. The Bertz CT molecular complexity index is 398. The van der Waals surface area contributed by atoms with Crippen molar-refractivity contribution in [1.29, 1.82) is 0 Å². The van der Waals surface area contributed by atoms with Crippen LogP contribution in [0.1, 0.15) is 12.0 Å². The average molecular weight is 192 g/mol. The predicted molar refractivity (Wildman–Crippen MR) is 47.1 cm³/mol. The summed E-state index contributed by atoms with van der Waals surface area (Å²) < 4.78 is 17.7. The standard InChI is InChI=1S/C11H9FO2/c12-9-3-1-7(2-4-9)11-5-8(11)6-14-10(11)13/h1-4,8H,5-6H2/t8-,11-/m0/s1. The van der Waals surface area contributed by atoms with E-state index in [0.717, 1.165) is 12.0 Å². The van der Waals surface area contributed by atoms with Gasteiger partial charge >= 0.3 is 5.97 Å². The van der Waals surface area contributed by atoms with Gasteiger partial charge in [-0.2, -0.15) is 0 Å². The fourth-order valence-corrected chi connectivity index (χ4v) is 2.30. The molecule has 0 aromatic heterocycles. The molecule has 0 bridgehead atoms. The van der Waals surface area contributed by atoms with E-state index in [-0.39, 0.29) is 11.8 Å². The van der Waals surface area contributed by atoms with Crippen LogP contribution in [0.25, 0.3) is 0 Å². The molecule has 14 heavy (non-hydrogen) atoms. The molecule has 72 valence electrons. The summed E-state index contributed by atoms with van der Waals surface area (Å²) in [5, 5.41) is 0. The van der Waals surface area contributed by atoms with Crippen LogP contribution in [0.3, 0.4) is 0 Å². The van der Waals surface area contributed by atoms with Crippen LogP contribution in [0.2, 0.25) is 0 Å². The molecule has 1 saturated carbocycles. The zero-order valence-electron chi connectivity index (χ0n) is 7.50. The van der Waals surface area contributed by atoms with Gasteiger partial charge in [-0.25, -0.2) is 4.39 Å². The summed E-state index contributed by atoms with van der Waals surface area (Å²) in [7, 11) is 0. The second kappa shape index (κ2) is 2.35. The number of ether oxygens (including phenoxy) is 1. The highest BCUT2D eigenvalue weighted by Crippen LogP contribution is 2.58. The van der Waals surface area contributed by atoms with Gasteiger partial charge in [0.25, 0.3) is 0 Å². The van der Waals surface area contributed by atoms with Gasteiger partial charge in [-0.05, 0) is 24.1 Å². The third-order valence-corrected chi connectivity index (χ3v) is 3.24. The number of cyclic esters (lactones) is 1. The van der Waals surface area contributed by atoms with Crippen molar-refractivity contribution < 1.29 is 13.9 Å². The van der Waals surface area contributed by atoms with Crippen LogP contribution >= 0.6 is 0 Å². The van der Waals surface area contributed by atoms with Gasteiger partial charge in [-0.1, -0.05) is 12.1 Å². The molecule has 1 aromatic carbocycles. The number of hydrogen-bond acceptors (Lipinski definition) is 2. The Kier molecular flexibility index (Phi) is 1.34. The molecule has 1 aliphatic carbocycles.